The minimum atomic E-state index is -0.669. The molecule has 1 aromatic carbocycles. The Morgan fingerprint density at radius 3 is 2.65 bits per heavy atom. The number of piperazine rings is 1. The van der Waals surface area contributed by atoms with Gasteiger partial charge >= 0.3 is 6.09 Å². The molecular formula is C27H34N6O4. The number of anilines is 1. The quantitative estimate of drug-likeness (QED) is 0.578. The average Bonchev–Trinajstić information content (AvgIpc) is 3.15. The summed E-state index contributed by atoms with van der Waals surface area (Å²) in [5.74, 6) is -0.172. The number of carbonyl (C=O) groups excluding carboxylic acids is 3. The summed E-state index contributed by atoms with van der Waals surface area (Å²) in [4.78, 5) is 44.0. The molecule has 0 aromatic heterocycles. The number of fused-ring (bicyclic) bond motifs is 3. The minimum absolute atomic E-state index is 0.0927. The van der Waals surface area contributed by atoms with E-state index >= 15 is 0 Å². The van der Waals surface area contributed by atoms with Crippen LogP contribution in [-0.2, 0) is 9.53 Å². The van der Waals surface area contributed by atoms with Crippen molar-refractivity contribution in [1.82, 2.24) is 15.1 Å². The number of ether oxygens (including phenoxy) is 1. The van der Waals surface area contributed by atoms with Gasteiger partial charge in [-0.05, 0) is 58.1 Å². The van der Waals surface area contributed by atoms with Crippen LogP contribution in [0.25, 0.3) is 0 Å². The SMILES string of the molecule is C=C(C(CN1C[C@@H]2CC1C(=O)N2c1ccccc1C(N)=O)NC(=O)OC(C)(C)C)N1C(C#N)CC2CC21. The molecular weight excluding hydrogens is 472 g/mol. The largest absolute Gasteiger partial charge is 0.444 e. The lowest BCUT2D eigenvalue weighted by Gasteiger charge is -2.38. The number of nitrogens with two attached hydrogens (primary N) is 1. The lowest BCUT2D eigenvalue weighted by atomic mass is 10.1. The van der Waals surface area contributed by atoms with Crippen molar-refractivity contribution in [3.63, 3.8) is 0 Å². The molecule has 196 valence electrons. The summed E-state index contributed by atoms with van der Waals surface area (Å²) in [5, 5.41) is 12.7. The van der Waals surface area contributed by atoms with Gasteiger partial charge in [0, 0.05) is 24.8 Å². The Bertz CT molecular complexity index is 1190. The molecule has 10 nitrogen and oxygen atoms in total. The highest BCUT2D eigenvalue weighted by Gasteiger charge is 2.55. The zero-order chi connectivity index (χ0) is 26.6. The minimum Gasteiger partial charge on any atom is -0.444 e. The van der Waals surface area contributed by atoms with E-state index in [0.717, 1.165) is 12.8 Å². The molecule has 4 aliphatic rings. The first-order valence-electron chi connectivity index (χ1n) is 12.8. The van der Waals surface area contributed by atoms with E-state index in [4.69, 9.17) is 10.5 Å². The molecule has 2 bridgehead atoms. The Kier molecular flexibility index (Phi) is 6.15. The fourth-order valence-corrected chi connectivity index (χ4v) is 6.16. The van der Waals surface area contributed by atoms with Gasteiger partial charge in [0.25, 0.3) is 5.91 Å². The predicted molar refractivity (Wildman–Crippen MR) is 136 cm³/mol. The fourth-order valence-electron chi connectivity index (χ4n) is 6.16. The predicted octanol–water partition coefficient (Wildman–Crippen LogP) is 1.97. The molecule has 5 unspecified atom stereocenters. The van der Waals surface area contributed by atoms with Crippen molar-refractivity contribution in [3.05, 3.63) is 42.1 Å². The van der Waals surface area contributed by atoms with Crippen molar-refractivity contribution in [1.29, 1.82) is 5.26 Å². The van der Waals surface area contributed by atoms with Crippen molar-refractivity contribution in [2.24, 2.45) is 11.7 Å². The molecule has 37 heavy (non-hydrogen) atoms. The van der Waals surface area contributed by atoms with E-state index in [0.29, 0.717) is 42.4 Å². The van der Waals surface area contributed by atoms with Crippen molar-refractivity contribution in [2.75, 3.05) is 18.0 Å². The van der Waals surface area contributed by atoms with E-state index in [9.17, 15) is 19.6 Å². The third-order valence-electron chi connectivity index (χ3n) is 7.79. The maximum Gasteiger partial charge on any atom is 0.408 e. The second kappa shape index (κ2) is 9.06. The molecule has 0 spiro atoms. The third-order valence-corrected chi connectivity index (χ3v) is 7.79. The highest BCUT2D eigenvalue weighted by molar-refractivity contribution is 6.07. The van der Waals surface area contributed by atoms with Crippen molar-refractivity contribution in [2.45, 2.75) is 75.8 Å². The second-order valence-corrected chi connectivity index (χ2v) is 11.5. The van der Waals surface area contributed by atoms with Crippen molar-refractivity contribution in [3.8, 4) is 6.07 Å². The number of piperidine rings is 1. The summed E-state index contributed by atoms with van der Waals surface area (Å²) in [6, 6.07) is 8.26. The number of alkyl carbamates (subject to hydrolysis) is 1. The highest BCUT2D eigenvalue weighted by Crippen LogP contribution is 2.49. The normalized spacial score (nSPS) is 29.0. The first-order valence-corrected chi connectivity index (χ1v) is 12.8. The number of nitrogens with zero attached hydrogens (tertiary/aromatic N) is 4. The van der Waals surface area contributed by atoms with Gasteiger partial charge < -0.3 is 25.6 Å². The molecule has 1 saturated carbocycles. The highest BCUT2D eigenvalue weighted by atomic mass is 16.6. The number of nitrogens with one attached hydrogen (secondary N) is 1. The number of rotatable bonds is 7. The van der Waals surface area contributed by atoms with E-state index in [2.05, 4.69) is 27.8 Å². The van der Waals surface area contributed by atoms with E-state index in [1.54, 1.807) is 49.9 Å². The summed E-state index contributed by atoms with van der Waals surface area (Å²) in [6.45, 7) is 10.7. The van der Waals surface area contributed by atoms with Crippen LogP contribution in [0.1, 0.15) is 50.4 Å². The topological polar surface area (TPSA) is 132 Å². The molecule has 0 radical (unpaired) electrons. The Morgan fingerprint density at radius 2 is 2.00 bits per heavy atom. The van der Waals surface area contributed by atoms with E-state index in [1.807, 2.05) is 0 Å². The molecule has 3 aliphatic heterocycles. The van der Waals surface area contributed by atoms with Gasteiger partial charge in [0.15, 0.2) is 0 Å². The molecule has 10 heteroatoms. The number of para-hydroxylation sites is 1. The number of carbonyl (C=O) groups is 3. The van der Waals surface area contributed by atoms with Crippen LogP contribution in [-0.4, -0.2) is 76.6 Å². The van der Waals surface area contributed by atoms with Crippen LogP contribution < -0.4 is 16.0 Å². The molecule has 6 atom stereocenters. The number of hydrogen-bond acceptors (Lipinski definition) is 7. The van der Waals surface area contributed by atoms with Gasteiger partial charge in [-0.2, -0.15) is 5.26 Å². The monoisotopic (exact) mass is 506 g/mol. The van der Waals surface area contributed by atoms with Crippen LogP contribution in [0.5, 0.6) is 0 Å². The molecule has 3 heterocycles. The van der Waals surface area contributed by atoms with E-state index < -0.39 is 23.6 Å². The molecule has 3 amide bonds. The standard InChI is InChI=1S/C27H34N6O4/c1-15(32-17(12-28)9-16-10-22(16)32)20(30-26(36)37-27(2,3)4)14-31-13-18-11-23(31)25(35)33(18)21-8-6-5-7-19(21)24(29)34/h5-8,16-18,20,22-23H,1,9-11,13-14H2,2-4H3,(H2,29,34)(H,30,36)/t16?,17?,18-,20?,22?,23?/m0/s1. The van der Waals surface area contributed by atoms with Crippen LogP contribution in [0, 0.1) is 17.2 Å². The molecule has 3 N–H and O–H groups in total. The van der Waals surface area contributed by atoms with Crippen molar-refractivity contribution < 1.29 is 19.1 Å². The van der Waals surface area contributed by atoms with Crippen LogP contribution in [0.15, 0.2) is 36.5 Å². The Hall–Kier alpha value is -3.58. The maximum atomic E-state index is 13.5. The van der Waals surface area contributed by atoms with Gasteiger partial charge in [-0.1, -0.05) is 18.7 Å². The van der Waals surface area contributed by atoms with Gasteiger partial charge in [-0.3, -0.25) is 14.5 Å². The van der Waals surface area contributed by atoms with Gasteiger partial charge in [0.1, 0.15) is 11.6 Å². The zero-order valence-electron chi connectivity index (χ0n) is 21.5. The van der Waals surface area contributed by atoms with E-state index in [1.165, 1.54) is 0 Å². The number of hydrogen-bond donors (Lipinski definition) is 2. The number of nitriles is 1. The van der Waals surface area contributed by atoms with Crippen LogP contribution in [0.4, 0.5) is 10.5 Å². The van der Waals surface area contributed by atoms with Gasteiger partial charge in [0.05, 0.1) is 35.4 Å². The van der Waals surface area contributed by atoms with Gasteiger partial charge in [0.2, 0.25) is 5.91 Å². The first-order chi connectivity index (χ1) is 17.5. The Labute approximate surface area is 217 Å². The van der Waals surface area contributed by atoms with Crippen LogP contribution in [0.3, 0.4) is 0 Å². The summed E-state index contributed by atoms with van der Waals surface area (Å²) < 4.78 is 5.52. The lowest BCUT2D eigenvalue weighted by Crippen LogP contribution is -2.56. The Balaban J connectivity index is 1.34. The number of benzene rings is 1. The Morgan fingerprint density at radius 1 is 1.27 bits per heavy atom. The van der Waals surface area contributed by atoms with Crippen LogP contribution in [0.2, 0.25) is 0 Å². The third kappa shape index (κ3) is 4.64. The fraction of sp³-hybridized carbons (Fsp3) is 0.556. The average molecular weight is 507 g/mol. The number of likely N-dealkylation sites (tertiary alicyclic amines) is 2. The van der Waals surface area contributed by atoms with E-state index in [-0.39, 0.29) is 30.1 Å². The first kappa shape index (κ1) is 25.1. The van der Waals surface area contributed by atoms with Crippen LogP contribution >= 0.6 is 0 Å². The molecule has 1 aliphatic carbocycles. The second-order valence-electron chi connectivity index (χ2n) is 11.5. The molecule has 4 fully saturated rings. The zero-order valence-corrected chi connectivity index (χ0v) is 21.5. The summed E-state index contributed by atoms with van der Waals surface area (Å²) in [5.41, 5.74) is 6.43. The molecule has 3 saturated heterocycles. The number of amides is 3. The van der Waals surface area contributed by atoms with Gasteiger partial charge in [-0.15, -0.1) is 0 Å². The summed E-state index contributed by atoms with van der Waals surface area (Å²) >= 11 is 0. The number of primary amides is 1. The lowest BCUT2D eigenvalue weighted by molar-refractivity contribution is -0.122. The maximum absolute atomic E-state index is 13.5. The molecule has 5 rings (SSSR count). The van der Waals surface area contributed by atoms with Crippen molar-refractivity contribution >= 4 is 23.6 Å². The summed E-state index contributed by atoms with van der Waals surface area (Å²) in [6.07, 6.45) is 1.89. The molecule has 1 aromatic rings. The smallest absolute Gasteiger partial charge is 0.408 e. The van der Waals surface area contributed by atoms with Gasteiger partial charge in [-0.25, -0.2) is 4.79 Å². The summed E-state index contributed by atoms with van der Waals surface area (Å²) in [7, 11) is 0.